The molecule has 0 unspecified atom stereocenters. The van der Waals surface area contributed by atoms with Crippen molar-refractivity contribution in [1.29, 1.82) is 0 Å². The normalized spacial score (nSPS) is 10.3. The number of ether oxygens (including phenoxy) is 1. The molecule has 19 heavy (non-hydrogen) atoms. The minimum absolute atomic E-state index is 0.0451. The fourth-order valence-electron chi connectivity index (χ4n) is 1.79. The zero-order valence-corrected chi connectivity index (χ0v) is 11.1. The van der Waals surface area contributed by atoms with E-state index in [0.717, 1.165) is 11.3 Å². The average Bonchev–Trinajstić information content (AvgIpc) is 2.48. The molecule has 5 heteroatoms. The summed E-state index contributed by atoms with van der Waals surface area (Å²) in [7, 11) is 3.58. The number of aromatic nitrogens is 2. The quantitative estimate of drug-likeness (QED) is 0.884. The van der Waals surface area contributed by atoms with Gasteiger partial charge < -0.3 is 14.7 Å². The summed E-state index contributed by atoms with van der Waals surface area (Å²) in [4.78, 5) is 10.4. The van der Waals surface area contributed by atoms with E-state index in [9.17, 15) is 0 Å². The van der Waals surface area contributed by atoms with Crippen molar-refractivity contribution >= 4 is 5.95 Å². The van der Waals surface area contributed by atoms with Crippen molar-refractivity contribution in [2.75, 3.05) is 19.1 Å². The van der Waals surface area contributed by atoms with Gasteiger partial charge in [0.25, 0.3) is 0 Å². The third-order valence-electron chi connectivity index (χ3n) is 2.82. The zero-order valence-electron chi connectivity index (χ0n) is 11.1. The summed E-state index contributed by atoms with van der Waals surface area (Å²) >= 11 is 0. The van der Waals surface area contributed by atoms with Gasteiger partial charge in [0.05, 0.1) is 13.7 Å². The Kier molecular flexibility index (Phi) is 4.30. The molecule has 0 aliphatic carbocycles. The fourth-order valence-corrected chi connectivity index (χ4v) is 1.79. The number of aliphatic hydroxyl groups is 1. The van der Waals surface area contributed by atoms with Crippen LogP contribution in [0.15, 0.2) is 36.7 Å². The largest absolute Gasteiger partial charge is 0.496 e. The minimum atomic E-state index is -0.0451. The number of hydrogen-bond acceptors (Lipinski definition) is 5. The van der Waals surface area contributed by atoms with Crippen LogP contribution in [0.4, 0.5) is 5.95 Å². The lowest BCUT2D eigenvalue weighted by molar-refractivity contribution is 0.281. The molecule has 1 heterocycles. The molecule has 0 atom stereocenters. The van der Waals surface area contributed by atoms with Gasteiger partial charge in [-0.2, -0.15) is 0 Å². The Morgan fingerprint density at radius 3 is 2.53 bits per heavy atom. The molecule has 0 aliphatic rings. The molecule has 1 aromatic carbocycles. The van der Waals surface area contributed by atoms with Gasteiger partial charge in [0, 0.05) is 37.1 Å². The third kappa shape index (κ3) is 3.20. The molecule has 100 valence electrons. The van der Waals surface area contributed by atoms with Crippen molar-refractivity contribution in [3.05, 3.63) is 47.8 Å². The summed E-state index contributed by atoms with van der Waals surface area (Å²) in [6, 6.07) is 7.85. The Morgan fingerprint density at radius 2 is 1.89 bits per heavy atom. The second kappa shape index (κ2) is 6.15. The Hall–Kier alpha value is -2.14. The van der Waals surface area contributed by atoms with Gasteiger partial charge in [0.2, 0.25) is 5.95 Å². The van der Waals surface area contributed by atoms with Gasteiger partial charge in [-0.05, 0) is 6.07 Å². The molecule has 2 aromatic rings. The molecule has 0 saturated carbocycles. The number of nitrogens with zero attached hydrogens (tertiary/aromatic N) is 3. The molecule has 0 fully saturated rings. The smallest absolute Gasteiger partial charge is 0.225 e. The fraction of sp³-hybridized carbons (Fsp3) is 0.286. The van der Waals surface area contributed by atoms with Crippen LogP contribution in [0.3, 0.4) is 0 Å². The molecule has 0 radical (unpaired) electrons. The maximum atomic E-state index is 8.96. The van der Waals surface area contributed by atoms with Crippen molar-refractivity contribution < 1.29 is 9.84 Å². The van der Waals surface area contributed by atoms with Gasteiger partial charge in [-0.1, -0.05) is 18.2 Å². The monoisotopic (exact) mass is 259 g/mol. The van der Waals surface area contributed by atoms with E-state index >= 15 is 0 Å². The van der Waals surface area contributed by atoms with Gasteiger partial charge in [0.1, 0.15) is 5.75 Å². The molecule has 0 aliphatic heterocycles. The number of rotatable bonds is 5. The second-order valence-corrected chi connectivity index (χ2v) is 4.22. The number of para-hydroxylation sites is 1. The first-order valence-corrected chi connectivity index (χ1v) is 5.99. The summed E-state index contributed by atoms with van der Waals surface area (Å²) in [5, 5.41) is 8.96. The Balaban J connectivity index is 2.13. The predicted molar refractivity (Wildman–Crippen MR) is 73.1 cm³/mol. The highest BCUT2D eigenvalue weighted by molar-refractivity contribution is 5.38. The number of anilines is 1. The molecule has 0 bridgehead atoms. The maximum Gasteiger partial charge on any atom is 0.225 e. The molecular formula is C14H17N3O2. The summed E-state index contributed by atoms with van der Waals surface area (Å²) in [6.45, 7) is 0.610. The van der Waals surface area contributed by atoms with E-state index in [2.05, 4.69) is 9.97 Å². The van der Waals surface area contributed by atoms with Gasteiger partial charge in [-0.3, -0.25) is 0 Å². The van der Waals surface area contributed by atoms with Crippen LogP contribution in [0.1, 0.15) is 11.1 Å². The van der Waals surface area contributed by atoms with Crippen molar-refractivity contribution in [2.45, 2.75) is 13.2 Å². The van der Waals surface area contributed by atoms with E-state index in [4.69, 9.17) is 9.84 Å². The lowest BCUT2D eigenvalue weighted by Gasteiger charge is -2.18. The van der Waals surface area contributed by atoms with Gasteiger partial charge in [-0.15, -0.1) is 0 Å². The van der Waals surface area contributed by atoms with Gasteiger partial charge in [0.15, 0.2) is 0 Å². The molecule has 5 nitrogen and oxygen atoms in total. The molecular weight excluding hydrogens is 242 g/mol. The van der Waals surface area contributed by atoms with Gasteiger partial charge in [-0.25, -0.2) is 9.97 Å². The van der Waals surface area contributed by atoms with Crippen molar-refractivity contribution in [1.82, 2.24) is 9.97 Å². The van der Waals surface area contributed by atoms with Crippen LogP contribution < -0.4 is 9.64 Å². The van der Waals surface area contributed by atoms with E-state index in [-0.39, 0.29) is 6.61 Å². The minimum Gasteiger partial charge on any atom is -0.496 e. The molecule has 0 saturated heterocycles. The summed E-state index contributed by atoms with van der Waals surface area (Å²) in [5.74, 6) is 1.46. The number of benzene rings is 1. The van der Waals surface area contributed by atoms with E-state index < -0.39 is 0 Å². The molecule has 0 amide bonds. The number of hydrogen-bond donors (Lipinski definition) is 1. The van der Waals surface area contributed by atoms with E-state index in [0.29, 0.717) is 18.1 Å². The van der Waals surface area contributed by atoms with Crippen molar-refractivity contribution in [3.8, 4) is 5.75 Å². The summed E-state index contributed by atoms with van der Waals surface area (Å²) < 4.78 is 5.32. The first-order valence-electron chi connectivity index (χ1n) is 5.99. The third-order valence-corrected chi connectivity index (χ3v) is 2.82. The van der Waals surface area contributed by atoms with E-state index in [1.165, 1.54) is 0 Å². The highest BCUT2D eigenvalue weighted by Crippen LogP contribution is 2.20. The first-order chi connectivity index (χ1) is 9.24. The maximum absolute atomic E-state index is 8.96. The highest BCUT2D eigenvalue weighted by atomic mass is 16.5. The SMILES string of the molecule is COc1ccccc1CN(C)c1ncc(CO)cn1. The second-order valence-electron chi connectivity index (χ2n) is 4.22. The summed E-state index contributed by atoms with van der Waals surface area (Å²) in [6.07, 6.45) is 3.25. The molecule has 0 spiro atoms. The lowest BCUT2D eigenvalue weighted by Crippen LogP contribution is -2.19. The van der Waals surface area contributed by atoms with Crippen molar-refractivity contribution in [2.24, 2.45) is 0 Å². The van der Waals surface area contributed by atoms with E-state index in [1.54, 1.807) is 19.5 Å². The van der Waals surface area contributed by atoms with Crippen LogP contribution in [0, 0.1) is 0 Å². The summed E-state index contributed by atoms with van der Waals surface area (Å²) in [5.41, 5.74) is 1.77. The molecule has 1 aromatic heterocycles. The van der Waals surface area contributed by atoms with Gasteiger partial charge >= 0.3 is 0 Å². The molecule has 2 rings (SSSR count). The van der Waals surface area contributed by atoms with Crippen LogP contribution in [0.5, 0.6) is 5.75 Å². The topological polar surface area (TPSA) is 58.5 Å². The zero-order chi connectivity index (χ0) is 13.7. The Labute approximate surface area is 112 Å². The highest BCUT2D eigenvalue weighted by Gasteiger charge is 2.08. The Bertz CT molecular complexity index is 528. The number of aliphatic hydroxyl groups excluding tert-OH is 1. The van der Waals surface area contributed by atoms with Crippen LogP contribution in [-0.2, 0) is 13.2 Å². The standard InChI is InChI=1S/C14H17N3O2/c1-17(14-15-7-11(10-18)8-16-14)9-12-5-3-4-6-13(12)19-2/h3-8,18H,9-10H2,1-2H3. The van der Waals surface area contributed by atoms with Crippen LogP contribution in [0.25, 0.3) is 0 Å². The predicted octanol–water partition coefficient (Wildman–Crippen LogP) is 1.61. The van der Waals surface area contributed by atoms with Crippen LogP contribution >= 0.6 is 0 Å². The van der Waals surface area contributed by atoms with Crippen LogP contribution in [0.2, 0.25) is 0 Å². The van der Waals surface area contributed by atoms with E-state index in [1.807, 2.05) is 36.2 Å². The number of methoxy groups -OCH3 is 1. The Morgan fingerprint density at radius 1 is 1.21 bits per heavy atom. The van der Waals surface area contributed by atoms with Crippen molar-refractivity contribution in [3.63, 3.8) is 0 Å². The molecule has 1 N–H and O–H groups in total. The first kappa shape index (κ1) is 13.3. The van der Waals surface area contributed by atoms with Crippen LogP contribution in [-0.4, -0.2) is 29.2 Å². The lowest BCUT2D eigenvalue weighted by atomic mass is 10.2. The average molecular weight is 259 g/mol.